The van der Waals surface area contributed by atoms with Crippen molar-refractivity contribution < 1.29 is 4.52 Å². The monoisotopic (exact) mass is 277 g/mol. The number of hydrogen-bond acceptors (Lipinski definition) is 6. The summed E-state index contributed by atoms with van der Waals surface area (Å²) < 4.78 is 5.32. The van der Waals surface area contributed by atoms with Crippen molar-refractivity contribution in [2.24, 2.45) is 0 Å². The molecular formula is C14H23N5O. The summed E-state index contributed by atoms with van der Waals surface area (Å²) in [5, 5.41) is 12.7. The van der Waals surface area contributed by atoms with Gasteiger partial charge in [-0.1, -0.05) is 12.1 Å². The largest absolute Gasteiger partial charge is 0.339 e. The summed E-state index contributed by atoms with van der Waals surface area (Å²) >= 11 is 0. The highest BCUT2D eigenvalue weighted by molar-refractivity contribution is 4.96. The topological polar surface area (TPSA) is 69.2 Å². The van der Waals surface area contributed by atoms with Crippen LogP contribution in [0.5, 0.6) is 0 Å². The average molecular weight is 277 g/mol. The molecule has 110 valence electrons. The lowest BCUT2D eigenvalue weighted by atomic mass is 10.1. The molecule has 0 amide bonds. The van der Waals surface area contributed by atoms with Crippen molar-refractivity contribution in [2.75, 3.05) is 33.7 Å². The molecule has 1 fully saturated rings. The Hall–Kier alpha value is -1.45. The van der Waals surface area contributed by atoms with E-state index in [2.05, 4.69) is 40.1 Å². The Morgan fingerprint density at radius 1 is 1.45 bits per heavy atom. The molecule has 6 heteroatoms. The number of rotatable bonds is 5. The molecular weight excluding hydrogens is 254 g/mol. The quantitative estimate of drug-likeness (QED) is 0.807. The highest BCUT2D eigenvalue weighted by atomic mass is 16.5. The van der Waals surface area contributed by atoms with E-state index < -0.39 is 0 Å². The van der Waals surface area contributed by atoms with Gasteiger partial charge in [0.1, 0.15) is 0 Å². The van der Waals surface area contributed by atoms with E-state index in [4.69, 9.17) is 9.78 Å². The Labute approximate surface area is 120 Å². The molecule has 2 heterocycles. The van der Waals surface area contributed by atoms with E-state index in [1.54, 1.807) is 0 Å². The molecule has 0 bridgehead atoms. The maximum Gasteiger partial charge on any atom is 0.229 e. The van der Waals surface area contributed by atoms with Gasteiger partial charge in [-0.05, 0) is 20.5 Å². The minimum atomic E-state index is 0.155. The molecule has 0 aliphatic carbocycles. The van der Waals surface area contributed by atoms with Gasteiger partial charge in [0.2, 0.25) is 5.89 Å². The van der Waals surface area contributed by atoms with E-state index in [1.807, 2.05) is 6.92 Å². The lowest BCUT2D eigenvalue weighted by Crippen LogP contribution is -2.50. The first kappa shape index (κ1) is 14.9. The van der Waals surface area contributed by atoms with Crippen LogP contribution >= 0.6 is 0 Å². The van der Waals surface area contributed by atoms with Gasteiger partial charge in [0, 0.05) is 44.4 Å². The predicted molar refractivity (Wildman–Crippen MR) is 75.2 cm³/mol. The van der Waals surface area contributed by atoms with Gasteiger partial charge in [-0.25, -0.2) is 0 Å². The molecule has 0 N–H and O–H groups in total. The van der Waals surface area contributed by atoms with Crippen molar-refractivity contribution in [3.8, 4) is 6.07 Å². The Morgan fingerprint density at radius 2 is 2.25 bits per heavy atom. The molecule has 0 aromatic carbocycles. The Bertz CT molecular complexity index is 466. The minimum Gasteiger partial charge on any atom is -0.339 e. The first-order chi connectivity index (χ1) is 9.60. The van der Waals surface area contributed by atoms with Crippen LogP contribution in [-0.2, 0) is 6.42 Å². The Morgan fingerprint density at radius 3 is 3.00 bits per heavy atom. The predicted octanol–water partition coefficient (Wildman–Crippen LogP) is 1.27. The van der Waals surface area contributed by atoms with Gasteiger partial charge >= 0.3 is 0 Å². The van der Waals surface area contributed by atoms with Crippen molar-refractivity contribution in [3.63, 3.8) is 0 Å². The fourth-order valence-electron chi connectivity index (χ4n) is 2.49. The Balaban J connectivity index is 1.93. The van der Waals surface area contributed by atoms with Gasteiger partial charge in [-0.2, -0.15) is 10.2 Å². The third kappa shape index (κ3) is 3.78. The second-order valence-electron chi connectivity index (χ2n) is 5.75. The maximum atomic E-state index is 8.61. The number of nitriles is 1. The zero-order chi connectivity index (χ0) is 14.5. The molecule has 2 atom stereocenters. The minimum absolute atomic E-state index is 0.155. The zero-order valence-corrected chi connectivity index (χ0v) is 12.5. The SMILES string of the molecule is CC(CCC#N)c1nc(CC2CN(C)CCN2C)no1. The molecule has 6 nitrogen and oxygen atoms in total. The standard InChI is InChI=1S/C14H23N5O/c1-11(5-4-6-15)14-16-13(17-20-14)9-12-10-18(2)7-8-19(12)3/h11-12H,4-5,7-10H2,1-3H3. The third-order valence-electron chi connectivity index (χ3n) is 3.99. The van der Waals surface area contributed by atoms with E-state index in [-0.39, 0.29) is 5.92 Å². The lowest BCUT2D eigenvalue weighted by Gasteiger charge is -2.37. The summed E-state index contributed by atoms with van der Waals surface area (Å²) in [6.45, 7) is 5.24. The summed E-state index contributed by atoms with van der Waals surface area (Å²) in [7, 11) is 4.29. The van der Waals surface area contributed by atoms with Crippen LogP contribution in [0, 0.1) is 11.3 Å². The normalized spacial score (nSPS) is 22.6. The number of nitrogens with zero attached hydrogens (tertiary/aromatic N) is 5. The van der Waals surface area contributed by atoms with Gasteiger partial charge < -0.3 is 14.3 Å². The van der Waals surface area contributed by atoms with Crippen LogP contribution in [0.3, 0.4) is 0 Å². The highest BCUT2D eigenvalue weighted by Gasteiger charge is 2.24. The van der Waals surface area contributed by atoms with Crippen molar-refractivity contribution in [2.45, 2.75) is 38.1 Å². The van der Waals surface area contributed by atoms with Crippen LogP contribution < -0.4 is 0 Å². The van der Waals surface area contributed by atoms with Crippen LogP contribution in [0.25, 0.3) is 0 Å². The van der Waals surface area contributed by atoms with E-state index in [0.29, 0.717) is 18.4 Å². The summed E-state index contributed by atoms with van der Waals surface area (Å²) in [6, 6.07) is 2.59. The van der Waals surface area contributed by atoms with Crippen molar-refractivity contribution >= 4 is 0 Å². The van der Waals surface area contributed by atoms with Gasteiger partial charge in [0.25, 0.3) is 0 Å². The number of piperazine rings is 1. The molecule has 1 aliphatic heterocycles. The summed E-state index contributed by atoms with van der Waals surface area (Å²) in [4.78, 5) is 9.18. The Kier molecular flexibility index (Phi) is 5.10. The molecule has 1 aromatic heterocycles. The van der Waals surface area contributed by atoms with Crippen LogP contribution in [-0.4, -0.2) is 59.7 Å². The zero-order valence-electron chi connectivity index (χ0n) is 12.5. The smallest absolute Gasteiger partial charge is 0.229 e. The van der Waals surface area contributed by atoms with Gasteiger partial charge in [0.15, 0.2) is 5.82 Å². The van der Waals surface area contributed by atoms with Gasteiger partial charge in [-0.15, -0.1) is 0 Å². The van der Waals surface area contributed by atoms with E-state index >= 15 is 0 Å². The van der Waals surface area contributed by atoms with E-state index in [9.17, 15) is 0 Å². The summed E-state index contributed by atoms with van der Waals surface area (Å²) in [5.41, 5.74) is 0. The lowest BCUT2D eigenvalue weighted by molar-refractivity contribution is 0.113. The molecule has 0 saturated carbocycles. The number of hydrogen-bond donors (Lipinski definition) is 0. The molecule has 1 saturated heterocycles. The summed E-state index contributed by atoms with van der Waals surface area (Å²) in [6.07, 6.45) is 2.11. The molecule has 2 rings (SSSR count). The van der Waals surface area contributed by atoms with Gasteiger partial charge in [-0.3, -0.25) is 0 Å². The fourth-order valence-corrected chi connectivity index (χ4v) is 2.49. The van der Waals surface area contributed by atoms with Gasteiger partial charge in [0.05, 0.1) is 6.07 Å². The fraction of sp³-hybridized carbons (Fsp3) is 0.786. The first-order valence-electron chi connectivity index (χ1n) is 7.18. The van der Waals surface area contributed by atoms with Crippen molar-refractivity contribution in [1.29, 1.82) is 5.26 Å². The first-order valence-corrected chi connectivity index (χ1v) is 7.18. The molecule has 1 aromatic rings. The molecule has 20 heavy (non-hydrogen) atoms. The third-order valence-corrected chi connectivity index (χ3v) is 3.99. The average Bonchev–Trinajstić information content (AvgIpc) is 2.89. The van der Waals surface area contributed by atoms with Crippen molar-refractivity contribution in [1.82, 2.24) is 19.9 Å². The molecule has 2 unspecified atom stereocenters. The second kappa shape index (κ2) is 6.82. The van der Waals surface area contributed by atoms with Crippen LogP contribution in [0.2, 0.25) is 0 Å². The maximum absolute atomic E-state index is 8.61. The summed E-state index contributed by atoms with van der Waals surface area (Å²) in [5.74, 6) is 1.58. The van der Waals surface area contributed by atoms with Crippen LogP contribution in [0.15, 0.2) is 4.52 Å². The highest BCUT2D eigenvalue weighted by Crippen LogP contribution is 2.19. The van der Waals surface area contributed by atoms with E-state index in [1.165, 1.54) is 0 Å². The molecule has 1 aliphatic rings. The van der Waals surface area contributed by atoms with E-state index in [0.717, 1.165) is 38.3 Å². The second-order valence-corrected chi connectivity index (χ2v) is 5.75. The number of likely N-dealkylation sites (N-methyl/N-ethyl adjacent to an activating group) is 2. The number of aromatic nitrogens is 2. The molecule has 0 spiro atoms. The molecule has 0 radical (unpaired) electrons. The van der Waals surface area contributed by atoms with Crippen molar-refractivity contribution in [3.05, 3.63) is 11.7 Å². The van der Waals surface area contributed by atoms with Crippen LogP contribution in [0.4, 0.5) is 0 Å². The van der Waals surface area contributed by atoms with Crippen LogP contribution in [0.1, 0.15) is 37.4 Å².